The molecule has 74 heavy (non-hydrogen) atoms. The Bertz CT molecular complexity index is 3650. The van der Waals surface area contributed by atoms with Crippen molar-refractivity contribution in [3.05, 3.63) is 228 Å². The summed E-state index contributed by atoms with van der Waals surface area (Å²) in [6.07, 6.45) is 6.25. The first-order valence-electron chi connectivity index (χ1n) is 24.5. The van der Waals surface area contributed by atoms with Crippen molar-refractivity contribution >= 4 is 29.0 Å². The van der Waals surface area contributed by atoms with Crippen LogP contribution in [-0.4, -0.2) is 35.4 Å². The number of rotatable bonds is 8. The van der Waals surface area contributed by atoms with Crippen molar-refractivity contribution in [1.82, 2.24) is 20.6 Å². The highest BCUT2D eigenvalue weighted by atomic mass is 16.7. The minimum Gasteiger partial charge on any atom is -0.454 e. The first-order chi connectivity index (χ1) is 35.9. The fraction of sp³-hybridized carbons (Fsp3) is 0.200. The Morgan fingerprint density at radius 3 is 1.69 bits per heavy atom. The van der Waals surface area contributed by atoms with E-state index in [2.05, 4.69) is 63.1 Å². The normalized spacial score (nSPS) is 18.9. The number of amides is 2. The van der Waals surface area contributed by atoms with E-state index in [4.69, 9.17) is 39.9 Å². The highest BCUT2D eigenvalue weighted by Gasteiger charge is 2.45. The summed E-state index contributed by atoms with van der Waals surface area (Å²) in [7, 11) is 0. The molecule has 7 aliphatic rings. The number of carbonyl (C=O) groups excluding carboxylic acids is 2. The second-order valence-electron chi connectivity index (χ2n) is 19.4. The van der Waals surface area contributed by atoms with E-state index in [0.29, 0.717) is 47.4 Å². The standard InChI is InChI=1S/C30H25N3O4.C30H23N3O4/c1-15-10-26(31)33-16(2)24(15)13-32-30(34)18-7-9-21-23(12-18)28-20-8-6-17(11-22(20)27(21)37-28)19-4-3-5-25-29(19)36-14-35-25;1-15-10-26(31)33-16(2)24(15)13-32-30(34)18-7-9-21-23(12-18)28-22-11-17(6-8-20(22)27(21)37-28)19-4-3-5-25-29(19)36-14-35-25/h3-12,27-28H,13-14H2,1-2H3,(H2,31,33)(H,32,34);3-4,6-12,27-28H,13-14H2,1-2H3,(H2-,31,32,33,34)/p+1. The van der Waals surface area contributed by atoms with Gasteiger partial charge in [0, 0.05) is 46.7 Å². The van der Waals surface area contributed by atoms with Gasteiger partial charge in [0.15, 0.2) is 11.5 Å². The van der Waals surface area contributed by atoms with Gasteiger partial charge < -0.3 is 50.5 Å². The molecule has 14 heteroatoms. The van der Waals surface area contributed by atoms with Gasteiger partial charge in [0.1, 0.15) is 47.7 Å². The number of carbonyl (C=O) groups is 2. The lowest BCUT2D eigenvalue weighted by Crippen LogP contribution is -2.24. The van der Waals surface area contributed by atoms with Crippen molar-refractivity contribution < 1.29 is 38.0 Å². The van der Waals surface area contributed by atoms with Crippen molar-refractivity contribution in [3.63, 3.8) is 0 Å². The average molecular weight is 982 g/mol. The molecular weight excluding hydrogens is 933 g/mol. The van der Waals surface area contributed by atoms with E-state index in [9.17, 15) is 9.59 Å². The number of hydrogen-bond donors (Lipinski definition) is 4. The predicted molar refractivity (Wildman–Crippen MR) is 275 cm³/mol. The molecule has 366 valence electrons. The van der Waals surface area contributed by atoms with Crippen LogP contribution in [0.1, 0.15) is 129 Å². The Hall–Kier alpha value is -8.81. The van der Waals surface area contributed by atoms with Gasteiger partial charge in [-0.1, -0.05) is 48.5 Å². The van der Waals surface area contributed by atoms with Gasteiger partial charge in [0.2, 0.25) is 13.6 Å². The van der Waals surface area contributed by atoms with Gasteiger partial charge in [-0.3, -0.25) is 9.59 Å². The smallest absolute Gasteiger partial charge is 0.337 e. The minimum absolute atomic E-state index is 0.123. The summed E-state index contributed by atoms with van der Waals surface area (Å²) < 4.78 is 35.3. The fourth-order valence-electron chi connectivity index (χ4n) is 11.4. The van der Waals surface area contributed by atoms with Crippen LogP contribution in [0.3, 0.4) is 0 Å². The maximum Gasteiger partial charge on any atom is 0.337 e. The van der Waals surface area contributed by atoms with Crippen molar-refractivity contribution in [1.29, 1.82) is 0 Å². The molecule has 1 saturated heterocycles. The molecule has 14 rings (SSSR count). The molecule has 5 aromatic carbocycles. The lowest BCUT2D eigenvalue weighted by Gasteiger charge is -2.18. The Labute approximate surface area is 426 Å². The molecule has 0 spiro atoms. The number of para-hydroxylation sites is 1. The molecule has 4 atom stereocenters. The number of aryl methyl sites for hydroxylation is 4. The first-order valence-corrected chi connectivity index (χ1v) is 24.5. The summed E-state index contributed by atoms with van der Waals surface area (Å²) in [5, 5.41) is 6.07. The first kappa shape index (κ1) is 45.1. The van der Waals surface area contributed by atoms with E-state index in [-0.39, 0.29) is 49.8 Å². The Balaban J connectivity index is 0.000000143. The van der Waals surface area contributed by atoms with Crippen LogP contribution >= 0.6 is 0 Å². The molecule has 2 aromatic heterocycles. The van der Waals surface area contributed by atoms with Crippen LogP contribution in [0.2, 0.25) is 0 Å². The van der Waals surface area contributed by atoms with Gasteiger partial charge in [-0.25, -0.2) is 9.97 Å². The number of anilines is 2. The van der Waals surface area contributed by atoms with Crippen molar-refractivity contribution in [2.24, 2.45) is 0 Å². The number of fused-ring (bicyclic) bond motifs is 18. The zero-order chi connectivity index (χ0) is 50.5. The number of aromatic nitrogens is 2. The number of pyridine rings is 2. The average Bonchev–Trinajstić information content (AvgIpc) is 4.29. The molecule has 4 unspecified atom stereocenters. The number of ether oxygens (including phenoxy) is 6. The lowest BCUT2D eigenvalue weighted by atomic mass is 9.83. The lowest BCUT2D eigenvalue weighted by molar-refractivity contribution is 0.0855. The molecule has 8 heterocycles. The third-order valence-corrected chi connectivity index (χ3v) is 15.0. The number of nitrogens with one attached hydrogen (secondary N) is 2. The van der Waals surface area contributed by atoms with Crippen LogP contribution in [0, 0.1) is 33.8 Å². The van der Waals surface area contributed by atoms with Crippen LogP contribution in [0.25, 0.3) is 16.7 Å². The van der Waals surface area contributed by atoms with Gasteiger partial charge in [-0.2, -0.15) is 0 Å². The quantitative estimate of drug-likeness (QED) is 0.106. The van der Waals surface area contributed by atoms with Crippen LogP contribution in [-0.2, 0) is 32.0 Å². The van der Waals surface area contributed by atoms with E-state index in [1.165, 1.54) is 0 Å². The van der Waals surface area contributed by atoms with Crippen LogP contribution in [0.15, 0.2) is 127 Å². The molecule has 0 radical (unpaired) electrons. The Kier molecular flexibility index (Phi) is 10.6. The number of benzene rings is 5. The maximum atomic E-state index is 13.1. The van der Waals surface area contributed by atoms with E-state index in [0.717, 1.165) is 112 Å². The molecule has 14 nitrogen and oxygen atoms in total. The van der Waals surface area contributed by atoms with Crippen LogP contribution < -0.4 is 31.6 Å². The minimum atomic E-state index is -0.214. The summed E-state index contributed by atoms with van der Waals surface area (Å²) in [5.74, 6) is 3.61. The van der Waals surface area contributed by atoms with Crippen LogP contribution in [0.5, 0.6) is 11.5 Å². The molecular formula is C60H49N6O8+. The zero-order valence-electron chi connectivity index (χ0n) is 40.9. The van der Waals surface area contributed by atoms with E-state index >= 15 is 0 Å². The van der Waals surface area contributed by atoms with E-state index in [1.54, 1.807) is 0 Å². The van der Waals surface area contributed by atoms with Gasteiger partial charge in [0.05, 0.1) is 12.2 Å². The van der Waals surface area contributed by atoms with E-state index in [1.807, 2.05) is 107 Å². The Morgan fingerprint density at radius 2 is 1.09 bits per heavy atom. The summed E-state index contributed by atoms with van der Waals surface area (Å²) >= 11 is 0. The molecule has 6 N–H and O–H groups in total. The highest BCUT2D eigenvalue weighted by molar-refractivity contribution is 5.95. The van der Waals surface area contributed by atoms with E-state index < -0.39 is 0 Å². The van der Waals surface area contributed by atoms with Gasteiger partial charge in [0.25, 0.3) is 17.6 Å². The molecule has 6 aliphatic heterocycles. The van der Waals surface area contributed by atoms with Crippen LogP contribution in [0.4, 0.5) is 11.6 Å². The van der Waals surface area contributed by atoms with Gasteiger partial charge in [-0.05, 0) is 155 Å². The summed E-state index contributed by atoms with van der Waals surface area (Å²) in [4.78, 5) is 34.8. The van der Waals surface area contributed by atoms with Gasteiger partial charge in [-0.15, -0.1) is 0 Å². The number of allylic oxidation sites excluding steroid dienone is 4. The molecule has 1 aliphatic carbocycles. The van der Waals surface area contributed by atoms with Crippen molar-refractivity contribution in [3.8, 4) is 22.6 Å². The summed E-state index contributed by atoms with van der Waals surface area (Å²) in [6, 6.07) is 34.1. The molecule has 2 amide bonds. The molecule has 0 saturated carbocycles. The summed E-state index contributed by atoms with van der Waals surface area (Å²) in [5.41, 5.74) is 31.5. The molecule has 1 fully saturated rings. The van der Waals surface area contributed by atoms with Crippen molar-refractivity contribution in [2.75, 3.05) is 25.1 Å². The number of nitrogens with two attached hydrogens (primary N) is 2. The molecule has 7 aromatic rings. The molecule has 4 bridgehead atoms. The Morgan fingerprint density at radius 1 is 0.581 bits per heavy atom. The predicted octanol–water partition coefficient (Wildman–Crippen LogP) is 9.83. The number of hydrogen-bond acceptors (Lipinski definition) is 12. The summed E-state index contributed by atoms with van der Waals surface area (Å²) in [6.45, 7) is 8.99. The van der Waals surface area contributed by atoms with Crippen molar-refractivity contribution in [2.45, 2.75) is 65.2 Å². The highest BCUT2D eigenvalue weighted by Crippen LogP contribution is 2.57. The SMILES string of the molecule is Cc1cc(N)nc(C)c1CNC(=O)c1ccc2c(c1)C1OC2c2cc(-c3cccc4c3OCO4)ccc21.Cc1cc(N)nc(C)c1CNC(=O)c1ccc2c(c1)C1OC2c2ccc(C3=C4OCOC4=[C+]C=C3)cc21. The van der Waals surface area contributed by atoms with Gasteiger partial charge >= 0.3 is 5.76 Å². The third kappa shape index (κ3) is 7.44. The largest absolute Gasteiger partial charge is 0.454 e. The fourth-order valence-corrected chi connectivity index (χ4v) is 11.4. The maximum absolute atomic E-state index is 13.1. The number of nitrogens with zero attached hydrogens (tertiary/aromatic N) is 2. The monoisotopic (exact) mass is 981 g/mol. The second kappa shape index (κ2) is 17.5. The third-order valence-electron chi connectivity index (χ3n) is 15.0. The zero-order valence-corrected chi connectivity index (χ0v) is 40.9. The topological polar surface area (TPSA) is 191 Å². The second-order valence-corrected chi connectivity index (χ2v) is 19.4. The number of nitrogen functional groups attached to an aromatic ring is 2.